The summed E-state index contributed by atoms with van der Waals surface area (Å²) in [6.45, 7) is 1.78. The van der Waals surface area contributed by atoms with Crippen molar-refractivity contribution >= 4 is 33.5 Å². The van der Waals surface area contributed by atoms with Crippen molar-refractivity contribution in [3.63, 3.8) is 0 Å². The first-order chi connectivity index (χ1) is 13.6. The van der Waals surface area contributed by atoms with E-state index in [0.29, 0.717) is 23.0 Å². The normalized spacial score (nSPS) is 10.9. The number of ether oxygens (including phenoxy) is 1. The first-order valence-corrected chi connectivity index (χ1v) is 8.88. The van der Waals surface area contributed by atoms with E-state index in [-0.39, 0.29) is 17.1 Å². The number of Topliss-reactive ketones (excluding diaryl/α,β-unsaturated/α-hetero) is 1. The van der Waals surface area contributed by atoms with Crippen LogP contribution in [0.15, 0.2) is 75.9 Å². The van der Waals surface area contributed by atoms with Gasteiger partial charge in [-0.05, 0) is 47.2 Å². The summed E-state index contributed by atoms with van der Waals surface area (Å²) in [6, 6.07) is 18.9. The van der Waals surface area contributed by atoms with Crippen molar-refractivity contribution in [3.8, 4) is 5.75 Å². The molecule has 0 radical (unpaired) electrons. The summed E-state index contributed by atoms with van der Waals surface area (Å²) in [7, 11) is 0. The lowest BCUT2D eigenvalue weighted by molar-refractivity contribution is 0.0730. The lowest BCUT2D eigenvalue weighted by Gasteiger charge is -2.07. The van der Waals surface area contributed by atoms with Crippen molar-refractivity contribution in [2.24, 2.45) is 0 Å². The Balaban J connectivity index is 1.70. The van der Waals surface area contributed by atoms with E-state index in [0.717, 1.165) is 10.8 Å². The van der Waals surface area contributed by atoms with Gasteiger partial charge in [0.05, 0.1) is 0 Å². The van der Waals surface area contributed by atoms with Crippen LogP contribution in [0.1, 0.15) is 34.1 Å². The quantitative estimate of drug-likeness (QED) is 0.170. The maximum atomic E-state index is 12.5. The van der Waals surface area contributed by atoms with Crippen molar-refractivity contribution in [1.29, 1.82) is 0 Å². The van der Waals surface area contributed by atoms with Crippen LogP contribution in [0.2, 0.25) is 0 Å². The molecule has 0 saturated carbocycles. The first kappa shape index (κ1) is 17.7. The number of rotatable bonds is 4. The number of carbonyl (C=O) groups excluding carboxylic acids is 2. The number of esters is 1. The van der Waals surface area contributed by atoms with E-state index >= 15 is 0 Å². The number of ketones is 1. The number of carbonyl (C=O) groups is 2. The van der Waals surface area contributed by atoms with Crippen LogP contribution in [0, 0.1) is 0 Å². The molecule has 5 nitrogen and oxygen atoms in total. The average Bonchev–Trinajstić information content (AvgIpc) is 2.73. The summed E-state index contributed by atoms with van der Waals surface area (Å²) >= 11 is 0. The minimum Gasteiger partial charge on any atom is -0.423 e. The van der Waals surface area contributed by atoms with E-state index in [1.165, 1.54) is 18.2 Å². The smallest absolute Gasteiger partial charge is 0.351 e. The Kier molecular flexibility index (Phi) is 4.49. The molecule has 1 aromatic heterocycles. The van der Waals surface area contributed by atoms with Gasteiger partial charge in [-0.25, -0.2) is 9.59 Å². The molecule has 0 saturated heterocycles. The molecule has 0 aliphatic rings. The maximum Gasteiger partial charge on any atom is 0.351 e. The number of hydrogen-bond acceptors (Lipinski definition) is 5. The lowest BCUT2D eigenvalue weighted by atomic mass is 10.0. The fourth-order valence-corrected chi connectivity index (χ4v) is 3.09. The zero-order valence-electron chi connectivity index (χ0n) is 15.1. The highest BCUT2D eigenvalue weighted by molar-refractivity contribution is 6.07. The zero-order chi connectivity index (χ0) is 19.7. The molecule has 4 rings (SSSR count). The van der Waals surface area contributed by atoms with Crippen LogP contribution in [0.3, 0.4) is 0 Å². The van der Waals surface area contributed by atoms with E-state index in [1.54, 1.807) is 25.1 Å². The Morgan fingerprint density at radius 1 is 0.929 bits per heavy atom. The van der Waals surface area contributed by atoms with Crippen molar-refractivity contribution in [2.75, 3.05) is 0 Å². The largest absolute Gasteiger partial charge is 0.423 e. The van der Waals surface area contributed by atoms with Crippen LogP contribution in [-0.4, -0.2) is 11.8 Å². The van der Waals surface area contributed by atoms with Gasteiger partial charge in [-0.3, -0.25) is 4.79 Å². The van der Waals surface area contributed by atoms with Gasteiger partial charge in [-0.1, -0.05) is 37.3 Å². The fraction of sp³-hybridized carbons (Fsp3) is 0.0870. The Hall–Kier alpha value is -3.73. The van der Waals surface area contributed by atoms with Crippen LogP contribution in [0.25, 0.3) is 21.7 Å². The molecular weight excluding hydrogens is 356 g/mol. The molecule has 0 aliphatic carbocycles. The molecule has 0 N–H and O–H groups in total. The second-order valence-corrected chi connectivity index (χ2v) is 6.34. The van der Waals surface area contributed by atoms with E-state index in [1.807, 2.05) is 30.3 Å². The first-order valence-electron chi connectivity index (χ1n) is 8.88. The Bertz CT molecular complexity index is 1270. The summed E-state index contributed by atoms with van der Waals surface area (Å²) in [5.74, 6) is -0.562. The zero-order valence-corrected chi connectivity index (χ0v) is 15.1. The Morgan fingerprint density at radius 3 is 2.43 bits per heavy atom. The molecule has 5 heteroatoms. The van der Waals surface area contributed by atoms with Gasteiger partial charge in [-0.15, -0.1) is 0 Å². The molecule has 0 atom stereocenters. The molecule has 0 fully saturated rings. The van der Waals surface area contributed by atoms with Gasteiger partial charge in [0.15, 0.2) is 5.78 Å². The van der Waals surface area contributed by atoms with Crippen LogP contribution >= 0.6 is 0 Å². The Morgan fingerprint density at radius 2 is 1.68 bits per heavy atom. The van der Waals surface area contributed by atoms with E-state index in [9.17, 15) is 14.4 Å². The number of hydrogen-bond donors (Lipinski definition) is 0. The highest BCUT2D eigenvalue weighted by Crippen LogP contribution is 2.25. The molecular formula is C23H16O5. The number of benzene rings is 3. The van der Waals surface area contributed by atoms with E-state index in [4.69, 9.17) is 9.15 Å². The van der Waals surface area contributed by atoms with Crippen LogP contribution in [0.5, 0.6) is 5.75 Å². The summed E-state index contributed by atoms with van der Waals surface area (Å²) < 4.78 is 10.6. The topological polar surface area (TPSA) is 73.6 Å². The van der Waals surface area contributed by atoms with Gasteiger partial charge in [0, 0.05) is 17.4 Å². The summed E-state index contributed by atoms with van der Waals surface area (Å²) in [6.07, 6.45) is 0.394. The van der Waals surface area contributed by atoms with Crippen molar-refractivity contribution in [2.45, 2.75) is 13.3 Å². The third-order valence-corrected chi connectivity index (χ3v) is 4.57. The van der Waals surface area contributed by atoms with E-state index in [2.05, 4.69) is 0 Å². The standard InChI is InChI=1S/C23H16O5/c1-2-20(24)15-7-10-16(11-8-15)27-22(25)19-13-18-17-6-4-3-5-14(17)9-12-21(18)28-23(19)26/h3-13H,2H2,1H3. The maximum absolute atomic E-state index is 12.5. The second kappa shape index (κ2) is 7.12. The minimum absolute atomic E-state index is 0.0000664. The van der Waals surface area contributed by atoms with E-state index < -0.39 is 11.6 Å². The van der Waals surface area contributed by atoms with Gasteiger partial charge in [0.1, 0.15) is 16.9 Å². The predicted octanol–water partition coefficient (Wildman–Crippen LogP) is 4.76. The fourth-order valence-electron chi connectivity index (χ4n) is 3.09. The SMILES string of the molecule is CCC(=O)c1ccc(OC(=O)c2cc3c(ccc4ccccc43)oc2=O)cc1. The van der Waals surface area contributed by atoms with Crippen molar-refractivity contribution in [1.82, 2.24) is 0 Å². The second-order valence-electron chi connectivity index (χ2n) is 6.34. The van der Waals surface area contributed by atoms with Crippen molar-refractivity contribution < 1.29 is 18.7 Å². The lowest BCUT2D eigenvalue weighted by Crippen LogP contribution is -2.18. The summed E-state index contributed by atoms with van der Waals surface area (Å²) in [5, 5.41) is 2.51. The average molecular weight is 372 g/mol. The molecule has 4 aromatic rings. The minimum atomic E-state index is -0.807. The molecule has 0 amide bonds. The van der Waals surface area contributed by atoms with Crippen LogP contribution in [-0.2, 0) is 0 Å². The monoisotopic (exact) mass is 372 g/mol. The van der Waals surface area contributed by atoms with Gasteiger partial charge in [-0.2, -0.15) is 0 Å². The van der Waals surface area contributed by atoms with Crippen molar-refractivity contribution in [3.05, 3.63) is 88.3 Å². The molecule has 3 aromatic carbocycles. The number of fused-ring (bicyclic) bond motifs is 3. The molecule has 0 bridgehead atoms. The van der Waals surface area contributed by atoms with Crippen LogP contribution in [0.4, 0.5) is 0 Å². The summed E-state index contributed by atoms with van der Waals surface area (Å²) in [4.78, 5) is 36.5. The van der Waals surface area contributed by atoms with Crippen LogP contribution < -0.4 is 10.4 Å². The highest BCUT2D eigenvalue weighted by atomic mass is 16.5. The third-order valence-electron chi connectivity index (χ3n) is 4.57. The molecule has 0 spiro atoms. The Labute approximate surface area is 160 Å². The van der Waals surface area contributed by atoms with Gasteiger partial charge in [0.2, 0.25) is 0 Å². The van der Waals surface area contributed by atoms with Gasteiger partial charge in [0.25, 0.3) is 0 Å². The third kappa shape index (κ3) is 3.18. The van der Waals surface area contributed by atoms with Gasteiger partial charge < -0.3 is 9.15 Å². The highest BCUT2D eigenvalue weighted by Gasteiger charge is 2.17. The molecule has 28 heavy (non-hydrogen) atoms. The molecule has 0 unspecified atom stereocenters. The predicted molar refractivity (Wildman–Crippen MR) is 106 cm³/mol. The summed E-state index contributed by atoms with van der Waals surface area (Å²) in [5.41, 5.74) is 0.00444. The molecule has 0 aliphatic heterocycles. The van der Waals surface area contributed by atoms with Gasteiger partial charge >= 0.3 is 11.6 Å². The molecule has 1 heterocycles. The molecule has 138 valence electrons.